The first kappa shape index (κ1) is 17.1. The number of methoxy groups -OCH3 is 2. The van der Waals surface area contributed by atoms with Gasteiger partial charge in [-0.2, -0.15) is 0 Å². The van der Waals surface area contributed by atoms with E-state index >= 15 is 0 Å². The molecule has 0 aromatic heterocycles. The van der Waals surface area contributed by atoms with Crippen LogP contribution in [0.15, 0.2) is 18.2 Å². The Kier molecular flexibility index (Phi) is 5.44. The van der Waals surface area contributed by atoms with Crippen LogP contribution in [0.2, 0.25) is 0 Å². The number of benzene rings is 1. The number of carbonyl (C=O) groups excluding carboxylic acids is 2. The Morgan fingerprint density at radius 3 is 2.04 bits per heavy atom. The Bertz CT molecular complexity index is 560. The number of ether oxygens (including phenoxy) is 2. The Labute approximate surface area is 135 Å². The standard InChI is InChI=1S/C16H23N3O4/c1-11(15(17)20)18-7-9-19(10-8-18)16(21)14-12(22-2)5-4-6-13(14)23-3/h4-6,11H,7-10H2,1-3H3,(H2,17,20). The van der Waals surface area contributed by atoms with Gasteiger partial charge in [0, 0.05) is 26.2 Å². The van der Waals surface area contributed by atoms with Crippen LogP contribution in [-0.4, -0.2) is 68.1 Å². The van der Waals surface area contributed by atoms with Gasteiger partial charge in [0.05, 0.1) is 20.3 Å². The second-order valence-corrected chi connectivity index (χ2v) is 5.44. The van der Waals surface area contributed by atoms with Crippen molar-refractivity contribution in [3.63, 3.8) is 0 Å². The van der Waals surface area contributed by atoms with Crippen molar-refractivity contribution in [2.45, 2.75) is 13.0 Å². The molecule has 1 aliphatic rings. The van der Waals surface area contributed by atoms with Gasteiger partial charge < -0.3 is 20.1 Å². The predicted octanol–water partition coefficient (Wildman–Crippen LogP) is 0.335. The molecule has 1 fully saturated rings. The van der Waals surface area contributed by atoms with Gasteiger partial charge in [-0.25, -0.2) is 0 Å². The summed E-state index contributed by atoms with van der Waals surface area (Å²) < 4.78 is 10.6. The van der Waals surface area contributed by atoms with Crippen molar-refractivity contribution in [3.05, 3.63) is 23.8 Å². The highest BCUT2D eigenvalue weighted by molar-refractivity contribution is 5.99. The van der Waals surface area contributed by atoms with Crippen LogP contribution in [0.1, 0.15) is 17.3 Å². The lowest BCUT2D eigenvalue weighted by molar-refractivity contribution is -0.123. The Balaban J connectivity index is 2.13. The Morgan fingerprint density at radius 2 is 1.61 bits per heavy atom. The van der Waals surface area contributed by atoms with Crippen molar-refractivity contribution in [1.82, 2.24) is 9.80 Å². The molecule has 2 rings (SSSR count). The van der Waals surface area contributed by atoms with E-state index in [4.69, 9.17) is 15.2 Å². The van der Waals surface area contributed by atoms with Crippen LogP contribution in [0, 0.1) is 0 Å². The fourth-order valence-corrected chi connectivity index (χ4v) is 2.71. The molecule has 1 aromatic rings. The third-order valence-electron chi connectivity index (χ3n) is 4.20. The Hall–Kier alpha value is -2.28. The van der Waals surface area contributed by atoms with Crippen LogP contribution < -0.4 is 15.2 Å². The number of nitrogens with zero attached hydrogens (tertiary/aromatic N) is 2. The van der Waals surface area contributed by atoms with E-state index in [0.717, 1.165) is 0 Å². The van der Waals surface area contributed by atoms with Crippen molar-refractivity contribution in [2.24, 2.45) is 5.73 Å². The monoisotopic (exact) mass is 321 g/mol. The molecule has 1 saturated heterocycles. The quantitative estimate of drug-likeness (QED) is 0.845. The zero-order valence-corrected chi connectivity index (χ0v) is 13.7. The van der Waals surface area contributed by atoms with Crippen LogP contribution in [0.5, 0.6) is 11.5 Å². The van der Waals surface area contributed by atoms with E-state index in [1.54, 1.807) is 30.0 Å². The van der Waals surface area contributed by atoms with E-state index in [1.807, 2.05) is 4.90 Å². The molecule has 2 N–H and O–H groups in total. The lowest BCUT2D eigenvalue weighted by Crippen LogP contribution is -2.54. The van der Waals surface area contributed by atoms with E-state index in [9.17, 15) is 9.59 Å². The van der Waals surface area contributed by atoms with E-state index in [2.05, 4.69) is 0 Å². The summed E-state index contributed by atoms with van der Waals surface area (Å²) in [6.07, 6.45) is 0. The normalized spacial score (nSPS) is 16.7. The molecule has 126 valence electrons. The Morgan fingerprint density at radius 1 is 1.09 bits per heavy atom. The van der Waals surface area contributed by atoms with E-state index in [0.29, 0.717) is 43.2 Å². The molecule has 1 heterocycles. The number of amides is 2. The molecule has 0 spiro atoms. The molecule has 1 atom stereocenters. The topological polar surface area (TPSA) is 85.1 Å². The van der Waals surface area contributed by atoms with Gasteiger partial charge in [-0.3, -0.25) is 14.5 Å². The highest BCUT2D eigenvalue weighted by Crippen LogP contribution is 2.29. The van der Waals surface area contributed by atoms with Gasteiger partial charge in [-0.1, -0.05) is 6.07 Å². The van der Waals surface area contributed by atoms with Gasteiger partial charge in [0.15, 0.2) is 0 Å². The van der Waals surface area contributed by atoms with Crippen LogP contribution in [0.3, 0.4) is 0 Å². The van der Waals surface area contributed by atoms with Crippen LogP contribution in [0.4, 0.5) is 0 Å². The van der Waals surface area contributed by atoms with Gasteiger partial charge in [-0.05, 0) is 19.1 Å². The maximum absolute atomic E-state index is 12.8. The average Bonchev–Trinajstić information content (AvgIpc) is 2.59. The first-order chi connectivity index (χ1) is 11.0. The van der Waals surface area contributed by atoms with Gasteiger partial charge >= 0.3 is 0 Å². The molecule has 1 aliphatic heterocycles. The third-order valence-corrected chi connectivity index (χ3v) is 4.20. The number of nitrogens with two attached hydrogens (primary N) is 1. The molecule has 0 saturated carbocycles. The smallest absolute Gasteiger partial charge is 0.261 e. The molecule has 23 heavy (non-hydrogen) atoms. The summed E-state index contributed by atoms with van der Waals surface area (Å²) in [6, 6.07) is 4.93. The van der Waals surface area contributed by atoms with Crippen molar-refractivity contribution >= 4 is 11.8 Å². The minimum atomic E-state index is -0.351. The number of hydrogen-bond acceptors (Lipinski definition) is 5. The lowest BCUT2D eigenvalue weighted by atomic mass is 10.1. The summed E-state index contributed by atoms with van der Waals surface area (Å²) >= 11 is 0. The zero-order chi connectivity index (χ0) is 17.0. The minimum absolute atomic E-state index is 0.134. The first-order valence-electron chi connectivity index (χ1n) is 7.53. The largest absolute Gasteiger partial charge is 0.496 e. The van der Waals surface area contributed by atoms with Gasteiger partial charge in [0.2, 0.25) is 5.91 Å². The predicted molar refractivity (Wildman–Crippen MR) is 85.7 cm³/mol. The molecule has 1 aromatic carbocycles. The maximum Gasteiger partial charge on any atom is 0.261 e. The minimum Gasteiger partial charge on any atom is -0.496 e. The van der Waals surface area contributed by atoms with E-state index in [-0.39, 0.29) is 17.9 Å². The highest BCUT2D eigenvalue weighted by atomic mass is 16.5. The summed E-state index contributed by atoms with van der Waals surface area (Å²) in [5, 5.41) is 0. The van der Waals surface area contributed by atoms with E-state index < -0.39 is 0 Å². The van der Waals surface area contributed by atoms with Crippen LogP contribution in [0.25, 0.3) is 0 Å². The lowest BCUT2D eigenvalue weighted by Gasteiger charge is -2.37. The number of hydrogen-bond donors (Lipinski definition) is 1. The number of carbonyl (C=O) groups is 2. The summed E-state index contributed by atoms with van der Waals surface area (Å²) in [7, 11) is 3.05. The first-order valence-corrected chi connectivity index (χ1v) is 7.53. The second-order valence-electron chi connectivity index (χ2n) is 5.44. The third kappa shape index (κ3) is 3.56. The summed E-state index contributed by atoms with van der Waals surface area (Å²) in [5.41, 5.74) is 5.76. The van der Waals surface area contributed by atoms with Gasteiger partial charge in [0.25, 0.3) is 5.91 Å². The second kappa shape index (κ2) is 7.32. The molecular weight excluding hydrogens is 298 g/mol. The van der Waals surface area contributed by atoms with Crippen LogP contribution in [-0.2, 0) is 4.79 Å². The summed E-state index contributed by atoms with van der Waals surface area (Å²) in [6.45, 7) is 4.04. The van der Waals surface area contributed by atoms with Crippen LogP contribution >= 0.6 is 0 Å². The number of primary amides is 1. The molecule has 2 amide bonds. The molecule has 7 nitrogen and oxygen atoms in total. The maximum atomic E-state index is 12.8. The van der Waals surface area contributed by atoms with Crippen molar-refractivity contribution in [3.8, 4) is 11.5 Å². The molecule has 0 bridgehead atoms. The molecular formula is C16H23N3O4. The molecule has 0 aliphatic carbocycles. The highest BCUT2D eigenvalue weighted by Gasteiger charge is 2.29. The summed E-state index contributed by atoms with van der Waals surface area (Å²) in [5.74, 6) is 0.492. The fourth-order valence-electron chi connectivity index (χ4n) is 2.71. The molecule has 0 radical (unpaired) electrons. The summed E-state index contributed by atoms with van der Waals surface area (Å²) in [4.78, 5) is 27.8. The molecule has 1 unspecified atom stereocenters. The zero-order valence-electron chi connectivity index (χ0n) is 13.7. The van der Waals surface area contributed by atoms with Gasteiger partial charge in [-0.15, -0.1) is 0 Å². The van der Waals surface area contributed by atoms with Crippen molar-refractivity contribution in [1.29, 1.82) is 0 Å². The fraction of sp³-hybridized carbons (Fsp3) is 0.500. The average molecular weight is 321 g/mol. The van der Waals surface area contributed by atoms with Gasteiger partial charge in [0.1, 0.15) is 17.1 Å². The van der Waals surface area contributed by atoms with Crippen molar-refractivity contribution in [2.75, 3.05) is 40.4 Å². The number of piperazine rings is 1. The SMILES string of the molecule is COc1cccc(OC)c1C(=O)N1CCN(C(C)C(N)=O)CC1. The van der Waals surface area contributed by atoms with Crippen molar-refractivity contribution < 1.29 is 19.1 Å². The van der Waals surface area contributed by atoms with E-state index in [1.165, 1.54) is 14.2 Å². The number of rotatable bonds is 5. The molecule has 7 heteroatoms.